The molecule has 0 amide bonds. The lowest BCUT2D eigenvalue weighted by atomic mass is 9.95. The average Bonchev–Trinajstić information content (AvgIpc) is 0.800. The highest BCUT2D eigenvalue weighted by Crippen LogP contribution is 2.41. The molecular weight excluding hydrogens is 1420 g/mol. The highest BCUT2D eigenvalue weighted by Gasteiger charge is 2.59. The minimum Gasteiger partial charge on any atom is -0.481 e. The highest BCUT2D eigenvalue weighted by molar-refractivity contribution is 8.00. The van der Waals surface area contributed by atoms with Crippen LogP contribution in [0, 0.1) is 0 Å². The molecule has 30 atom stereocenters. The predicted molar refractivity (Wildman–Crippen MR) is 331 cm³/mol. The first-order valence-corrected chi connectivity index (χ1v) is 37.3. The topological polar surface area (TPSA) is 577 Å². The number of rotatable bonds is 30. The molecule has 22 fully saturated rings. The van der Waals surface area contributed by atoms with E-state index in [1.807, 2.05) is 0 Å². The second-order valence-electron chi connectivity index (χ2n) is 23.1. The fourth-order valence-corrected chi connectivity index (χ4v) is 16.9. The van der Waals surface area contributed by atoms with Gasteiger partial charge in [-0.1, -0.05) is 0 Å². The van der Waals surface area contributed by atoms with Gasteiger partial charge in [0.25, 0.3) is 0 Å². The number of carboxylic acids is 6. The summed E-state index contributed by atoms with van der Waals surface area (Å²) in [5.74, 6) is -9.40. The van der Waals surface area contributed by atoms with Crippen LogP contribution in [0.2, 0.25) is 0 Å². The van der Waals surface area contributed by atoms with Crippen LogP contribution >= 0.6 is 70.6 Å². The van der Waals surface area contributed by atoms with Crippen LogP contribution in [0.15, 0.2) is 0 Å². The van der Waals surface area contributed by atoms with Gasteiger partial charge in [0.1, 0.15) is 110 Å². The van der Waals surface area contributed by atoms with Crippen LogP contribution < -0.4 is 0 Å². The number of aliphatic hydroxyl groups excluding tert-OH is 12. The second kappa shape index (κ2) is 39.0. The highest BCUT2D eigenvalue weighted by atomic mass is 32.2. The van der Waals surface area contributed by atoms with E-state index in [1.165, 1.54) is 0 Å². The van der Waals surface area contributed by atoms with Crippen molar-refractivity contribution in [3.05, 3.63) is 0 Å². The van der Waals surface area contributed by atoms with Crippen molar-refractivity contribution in [3.63, 3.8) is 0 Å². The van der Waals surface area contributed by atoms with Crippen LogP contribution in [0.1, 0.15) is 38.5 Å². The zero-order chi connectivity index (χ0) is 70.2. The van der Waals surface area contributed by atoms with Crippen LogP contribution in [0.3, 0.4) is 0 Å². The van der Waals surface area contributed by atoms with Gasteiger partial charge in [-0.05, 0) is 0 Å². The summed E-state index contributed by atoms with van der Waals surface area (Å²) in [6.45, 7) is 0. The molecule has 552 valence electrons. The zero-order valence-electron chi connectivity index (χ0n) is 50.9. The first kappa shape index (κ1) is 81.3. The second-order valence-corrected chi connectivity index (χ2v) is 30.0. The smallest absolute Gasteiger partial charge is 0.304 e. The molecule has 0 saturated carbocycles. The molecular formula is C54H84O36S6. The Balaban J connectivity index is 1.30. The standard InChI is InChI=1S/C54H84O36S6/c55-25(56)1-7-91-13-19-43-31(67)37(73)49(79-19)86-44-20(14-92-8-2-26(57)58)81-51(39(75)33(44)69)88-46-22(16-94-10-4-28(61)62)83-53(41(77)35(46)71)90-48-24(18-96-12-6-30(65)66)84-54(42(78)36(48)72)89-47-23(17-95-11-5-29(63)64)82-52(40(76)34(47)70)87-45-21(15-93-9-3-27(59)60)80-50(85-43)38(74)32(45)68/h19-24,31-54,67-78H,1-18H2,(H,55,56)(H,57,58)(H,59,60)(H,61,62)(H,63,64)(H,65,66)/t19?,20?,21?,22?,23?,24?,31?,32?,33?,34?,35?,36?,37?,38?,39?,40?,41?,42?,43-,44-,45-,46-,47-,48-,49-,50-,51-,52-,53-,54-/m1/s1. The maximum absolute atomic E-state index is 12.0. The number of aliphatic carboxylic acids is 6. The van der Waals surface area contributed by atoms with E-state index in [1.54, 1.807) is 0 Å². The largest absolute Gasteiger partial charge is 0.481 e. The van der Waals surface area contributed by atoms with Gasteiger partial charge in [0.15, 0.2) is 37.7 Å². The molecule has 0 aromatic rings. The van der Waals surface area contributed by atoms with Gasteiger partial charge in [-0.3, -0.25) is 28.8 Å². The average molecular weight is 1500 g/mol. The molecule has 18 N–H and O–H groups in total. The van der Waals surface area contributed by atoms with Crippen molar-refractivity contribution < 1.29 is 178 Å². The fraction of sp³-hybridized carbons (Fsp3) is 0.889. The van der Waals surface area contributed by atoms with Gasteiger partial charge in [-0.15, -0.1) is 0 Å². The molecule has 22 aliphatic heterocycles. The minimum absolute atomic E-state index is 0.0799. The maximum atomic E-state index is 12.0. The Morgan fingerprint density at radius 2 is 0.333 bits per heavy atom. The first-order chi connectivity index (χ1) is 45.6. The number of carboxylic acid groups (broad SMARTS) is 6. The predicted octanol–water partition coefficient (Wildman–Crippen LogP) is -5.76. The van der Waals surface area contributed by atoms with Crippen LogP contribution in [0.25, 0.3) is 0 Å². The van der Waals surface area contributed by atoms with Gasteiger partial charge in [0.2, 0.25) is 0 Å². The Morgan fingerprint density at radius 3 is 0.448 bits per heavy atom. The molecule has 22 saturated heterocycles. The lowest BCUT2D eigenvalue weighted by Crippen LogP contribution is -2.69. The van der Waals surface area contributed by atoms with Crippen LogP contribution in [0.5, 0.6) is 0 Å². The number of carbonyl (C=O) groups is 6. The van der Waals surface area contributed by atoms with Crippen LogP contribution in [-0.2, 0) is 85.6 Å². The number of thioether (sulfide) groups is 6. The van der Waals surface area contributed by atoms with Gasteiger partial charge in [0, 0.05) is 69.0 Å². The van der Waals surface area contributed by atoms with E-state index < -0.39 is 259 Å². The Kier molecular flexibility index (Phi) is 33.0. The van der Waals surface area contributed by atoms with Crippen molar-refractivity contribution >= 4 is 106 Å². The van der Waals surface area contributed by atoms with E-state index in [-0.39, 0.29) is 69.0 Å². The third-order valence-electron chi connectivity index (χ3n) is 16.0. The SMILES string of the molecule is O=C(O)CCSCC1O[C@@H]2O[C@@H]3C(CSCCC(=O)O)O[C@H](O[C@@H]4C(CSCCC(=O)O)O[C@H](O[C@@H]5C(CSCCC(=O)O)O[C@H](O[C@@H]6C(CSCCC(=O)O)O[C@H](O[C@@H]7C(CSCCC(=O)O)O[C@H](O[C@H]1C(O)C2O)C(O)C7O)C(O)C6O)C(O)C5O)C(O)C4O)C(O)C3O. The summed E-state index contributed by atoms with van der Waals surface area (Å²) in [4.78, 5) is 69.5. The van der Waals surface area contributed by atoms with Crippen molar-refractivity contribution in [1.29, 1.82) is 0 Å². The molecule has 0 spiro atoms. The van der Waals surface area contributed by atoms with Crippen LogP contribution in [0.4, 0.5) is 0 Å². The summed E-state index contributed by atoms with van der Waals surface area (Å²) < 4.78 is 74.4. The molecule has 22 heterocycles. The Morgan fingerprint density at radius 1 is 0.208 bits per heavy atom. The summed E-state index contributed by atoms with van der Waals surface area (Å²) in [7, 11) is 0. The Bertz CT molecular complexity index is 2060. The number of aliphatic hydroxyl groups is 12. The summed E-state index contributed by atoms with van der Waals surface area (Å²) >= 11 is 5.66. The van der Waals surface area contributed by atoms with Crippen molar-refractivity contribution in [3.8, 4) is 0 Å². The maximum Gasteiger partial charge on any atom is 0.304 e. The first-order valence-electron chi connectivity index (χ1n) is 30.4. The van der Waals surface area contributed by atoms with E-state index >= 15 is 0 Å². The number of hydrogen-bond donors (Lipinski definition) is 18. The third kappa shape index (κ3) is 22.5. The van der Waals surface area contributed by atoms with Gasteiger partial charge >= 0.3 is 35.8 Å². The molecule has 96 heavy (non-hydrogen) atoms. The molecule has 22 rings (SSSR count). The van der Waals surface area contributed by atoms with Gasteiger partial charge in [0.05, 0.1) is 75.1 Å². The van der Waals surface area contributed by atoms with E-state index in [4.69, 9.17) is 56.8 Å². The number of hydrogen-bond acceptors (Lipinski definition) is 36. The van der Waals surface area contributed by atoms with Crippen molar-refractivity contribution in [2.24, 2.45) is 0 Å². The molecule has 22 aliphatic rings. The van der Waals surface area contributed by atoms with Gasteiger partial charge in [-0.25, -0.2) is 0 Å². The summed E-state index contributed by atoms with van der Waals surface area (Å²) in [5, 5.41) is 200. The summed E-state index contributed by atoms with van der Waals surface area (Å²) in [6.07, 6.45) is -60.5. The van der Waals surface area contributed by atoms with Gasteiger partial charge < -0.3 is 149 Å². The molecule has 0 aliphatic carbocycles. The molecule has 0 aromatic heterocycles. The minimum atomic E-state index is -2.21. The quantitative estimate of drug-likeness (QED) is 0.0298. The molecule has 36 nitrogen and oxygen atoms in total. The van der Waals surface area contributed by atoms with Crippen LogP contribution in [-0.4, -0.2) is 381 Å². The molecule has 18 unspecified atom stereocenters. The lowest BCUT2D eigenvalue weighted by Gasteiger charge is -2.51. The normalized spacial score (nSPS) is 41.5. The van der Waals surface area contributed by atoms with Crippen molar-refractivity contribution in [2.45, 2.75) is 223 Å². The van der Waals surface area contributed by atoms with Crippen molar-refractivity contribution in [1.82, 2.24) is 0 Å². The summed E-state index contributed by atoms with van der Waals surface area (Å²) in [5.41, 5.74) is 0. The van der Waals surface area contributed by atoms with E-state index in [0.29, 0.717) is 0 Å². The monoisotopic (exact) mass is 1500 g/mol. The summed E-state index contributed by atoms with van der Waals surface area (Å²) in [6, 6.07) is 0. The van der Waals surface area contributed by atoms with Gasteiger partial charge in [-0.2, -0.15) is 70.6 Å². The van der Waals surface area contributed by atoms with Crippen molar-refractivity contribution in [2.75, 3.05) is 69.0 Å². The fourth-order valence-electron chi connectivity index (χ4n) is 11.0. The Hall–Kier alpha value is -2.04. The van der Waals surface area contributed by atoms with E-state index in [0.717, 1.165) is 70.6 Å². The third-order valence-corrected chi connectivity index (χ3v) is 22.4. The lowest BCUT2D eigenvalue weighted by molar-refractivity contribution is -0.396. The molecule has 12 bridgehead atoms. The molecule has 0 aromatic carbocycles. The molecule has 42 heteroatoms. The van der Waals surface area contributed by atoms with E-state index in [9.17, 15) is 121 Å². The Labute approximate surface area is 572 Å². The molecule has 0 radical (unpaired) electrons. The number of ether oxygens (including phenoxy) is 12. The van der Waals surface area contributed by atoms with E-state index in [2.05, 4.69) is 0 Å². The zero-order valence-corrected chi connectivity index (χ0v) is 55.8.